The van der Waals surface area contributed by atoms with Crippen molar-refractivity contribution in [3.8, 4) is 11.3 Å². The lowest BCUT2D eigenvalue weighted by Gasteiger charge is -2.02. The summed E-state index contributed by atoms with van der Waals surface area (Å²) in [5, 5.41) is 12.2. The van der Waals surface area contributed by atoms with Crippen LogP contribution in [0.25, 0.3) is 16.2 Å². The second-order valence-corrected chi connectivity index (χ2v) is 5.13. The fourth-order valence-corrected chi connectivity index (χ4v) is 2.52. The van der Waals surface area contributed by atoms with Gasteiger partial charge >= 0.3 is 5.69 Å². The number of H-pyrrole nitrogens is 1. The van der Waals surface area contributed by atoms with Crippen LogP contribution in [0.4, 0.5) is 11.4 Å². The van der Waals surface area contributed by atoms with Crippen molar-refractivity contribution in [1.29, 1.82) is 5.39 Å². The van der Waals surface area contributed by atoms with Crippen LogP contribution in [-0.2, 0) is 0 Å². The minimum atomic E-state index is -0.320. The number of anilines is 1. The molecule has 0 radical (unpaired) electrons. The minimum absolute atomic E-state index is 0.238. The van der Waals surface area contributed by atoms with Crippen molar-refractivity contribution in [3.05, 3.63) is 76.9 Å². The first kappa shape index (κ1) is 14.5. The van der Waals surface area contributed by atoms with Crippen LogP contribution in [-0.4, -0.2) is 10.9 Å². The highest BCUT2D eigenvalue weighted by atomic mass is 16.1. The quantitative estimate of drug-likeness (QED) is 0.687. The van der Waals surface area contributed by atoms with E-state index in [9.17, 15) is 10.2 Å². The minimum Gasteiger partial charge on any atom is -0.351 e. The number of carbonyl (C=O) groups is 1. The lowest BCUT2D eigenvalue weighted by Crippen LogP contribution is -2.12. The molecule has 112 valence electrons. The fraction of sp³-hybridized carbons (Fsp3) is 0.0556. The molecular formula is C18H15N4O+. The molecule has 5 nitrogen and oxygen atoms in total. The Balaban J connectivity index is 2.02. The van der Waals surface area contributed by atoms with E-state index >= 15 is 0 Å². The normalized spacial score (nSPS) is 10.1. The highest BCUT2D eigenvalue weighted by Crippen LogP contribution is 2.35. The summed E-state index contributed by atoms with van der Waals surface area (Å²) < 4.78 is 0. The number of nitrogens with one attached hydrogen (secondary N) is 2. The van der Waals surface area contributed by atoms with Gasteiger partial charge in [0.1, 0.15) is 5.69 Å². The number of diazo groups is 1. The standard InChI is InChI=1S/C18H14N4O/c1-12-15(18(23)21-14-10-6-3-7-11-14)17(22-19)16(20-12)13-8-4-2-5-9-13/h2-11H,1H3,(H-,20,21,23)/p+1. The van der Waals surface area contributed by atoms with Crippen molar-refractivity contribution in [2.24, 2.45) is 0 Å². The number of aromatic nitrogens is 1. The number of aromatic amines is 1. The lowest BCUT2D eigenvalue weighted by atomic mass is 10.1. The summed E-state index contributed by atoms with van der Waals surface area (Å²) in [6, 6.07) is 18.6. The Labute approximate surface area is 133 Å². The van der Waals surface area contributed by atoms with Gasteiger partial charge in [0.05, 0.1) is 0 Å². The molecule has 1 heterocycles. The number of hydrogen-bond donors (Lipinski definition) is 2. The van der Waals surface area contributed by atoms with Crippen LogP contribution in [0.3, 0.4) is 0 Å². The maximum Gasteiger partial charge on any atom is 0.423 e. The third-order valence-corrected chi connectivity index (χ3v) is 3.58. The van der Waals surface area contributed by atoms with Crippen molar-refractivity contribution in [2.45, 2.75) is 6.92 Å². The molecule has 0 saturated heterocycles. The monoisotopic (exact) mass is 303 g/mol. The first-order chi connectivity index (χ1) is 11.2. The van der Waals surface area contributed by atoms with E-state index in [1.54, 1.807) is 19.1 Å². The van der Waals surface area contributed by atoms with Gasteiger partial charge in [0.25, 0.3) is 5.91 Å². The Kier molecular flexibility index (Phi) is 3.89. The Morgan fingerprint density at radius 1 is 1.04 bits per heavy atom. The summed E-state index contributed by atoms with van der Waals surface area (Å²) in [7, 11) is 0. The molecule has 5 heteroatoms. The molecule has 2 aromatic carbocycles. The number of benzene rings is 2. The molecule has 0 bridgehead atoms. The fourth-order valence-electron chi connectivity index (χ4n) is 2.52. The molecule has 2 N–H and O–H groups in total. The maximum absolute atomic E-state index is 12.6. The molecule has 0 aliphatic heterocycles. The van der Waals surface area contributed by atoms with E-state index in [0.717, 1.165) is 5.56 Å². The molecule has 0 spiro atoms. The topological polar surface area (TPSA) is 73.0 Å². The Hall–Kier alpha value is -3.39. The van der Waals surface area contributed by atoms with Crippen LogP contribution < -0.4 is 5.32 Å². The number of hydrogen-bond acceptors (Lipinski definition) is 2. The number of carbonyl (C=O) groups excluding carboxylic acids is 1. The zero-order valence-corrected chi connectivity index (χ0v) is 12.6. The van der Waals surface area contributed by atoms with Gasteiger partial charge in [0.15, 0.2) is 10.5 Å². The summed E-state index contributed by atoms with van der Waals surface area (Å²) >= 11 is 0. The number of para-hydroxylation sites is 1. The number of nitrogens with zero attached hydrogens (tertiary/aromatic N) is 2. The molecule has 0 unspecified atom stereocenters. The van der Waals surface area contributed by atoms with Crippen molar-refractivity contribution >= 4 is 17.3 Å². The molecule has 0 aliphatic rings. The zero-order valence-electron chi connectivity index (χ0n) is 12.6. The Bertz CT molecular complexity index is 877. The number of amides is 1. The van der Waals surface area contributed by atoms with Gasteiger partial charge in [0.2, 0.25) is 5.39 Å². The van der Waals surface area contributed by atoms with E-state index in [1.165, 1.54) is 0 Å². The van der Waals surface area contributed by atoms with Crippen molar-refractivity contribution in [3.63, 3.8) is 0 Å². The van der Waals surface area contributed by atoms with Crippen molar-refractivity contribution < 1.29 is 4.79 Å². The van der Waals surface area contributed by atoms with E-state index in [2.05, 4.69) is 15.3 Å². The van der Waals surface area contributed by atoms with E-state index in [1.807, 2.05) is 48.5 Å². The maximum atomic E-state index is 12.6. The first-order valence-electron chi connectivity index (χ1n) is 7.20. The van der Waals surface area contributed by atoms with Crippen LogP contribution in [0.1, 0.15) is 16.1 Å². The summed E-state index contributed by atoms with van der Waals surface area (Å²) in [6.07, 6.45) is 0. The highest BCUT2D eigenvalue weighted by molar-refractivity contribution is 6.11. The zero-order chi connectivity index (χ0) is 16.2. The van der Waals surface area contributed by atoms with E-state index < -0.39 is 0 Å². The average molecular weight is 303 g/mol. The second-order valence-electron chi connectivity index (χ2n) is 5.13. The van der Waals surface area contributed by atoms with E-state index in [0.29, 0.717) is 22.6 Å². The Morgan fingerprint density at radius 3 is 2.26 bits per heavy atom. The predicted octanol–water partition coefficient (Wildman–Crippen LogP) is 4.73. The van der Waals surface area contributed by atoms with Crippen LogP contribution in [0.15, 0.2) is 60.7 Å². The Morgan fingerprint density at radius 2 is 1.65 bits per heavy atom. The summed E-state index contributed by atoms with van der Waals surface area (Å²) in [5.74, 6) is -0.320. The molecule has 1 amide bonds. The van der Waals surface area contributed by atoms with E-state index in [4.69, 9.17) is 0 Å². The average Bonchev–Trinajstić information content (AvgIpc) is 2.93. The lowest BCUT2D eigenvalue weighted by molar-refractivity contribution is 0.102. The SMILES string of the molecule is Cc1[nH]c(-c2ccccc2)c([N+]#N)c1C(=O)Nc1ccccc1. The van der Waals surface area contributed by atoms with Gasteiger partial charge in [-0.2, -0.15) is 0 Å². The largest absolute Gasteiger partial charge is 0.423 e. The molecule has 1 aromatic heterocycles. The summed E-state index contributed by atoms with van der Waals surface area (Å²) in [6.45, 7) is 1.78. The third-order valence-electron chi connectivity index (χ3n) is 3.58. The molecule has 3 aromatic rings. The van der Waals surface area contributed by atoms with Gasteiger partial charge in [-0.25, -0.2) is 0 Å². The van der Waals surface area contributed by atoms with Crippen LogP contribution in [0.5, 0.6) is 0 Å². The molecule has 0 fully saturated rings. The van der Waals surface area contributed by atoms with Gasteiger partial charge in [-0.15, -0.1) is 0 Å². The summed E-state index contributed by atoms with van der Waals surface area (Å²) in [4.78, 5) is 19.0. The van der Waals surface area contributed by atoms with Crippen LogP contribution in [0, 0.1) is 12.3 Å². The molecule has 3 rings (SSSR count). The molecular weight excluding hydrogens is 288 g/mol. The van der Waals surface area contributed by atoms with Crippen molar-refractivity contribution in [2.75, 3.05) is 5.32 Å². The number of aryl methyl sites for hydroxylation is 1. The van der Waals surface area contributed by atoms with Gasteiger partial charge in [-0.3, -0.25) is 4.79 Å². The molecule has 0 aliphatic carbocycles. The summed E-state index contributed by atoms with van der Waals surface area (Å²) in [5.41, 5.74) is 3.36. The first-order valence-corrected chi connectivity index (χ1v) is 7.20. The van der Waals surface area contributed by atoms with Gasteiger partial charge in [-0.05, 0) is 19.1 Å². The van der Waals surface area contributed by atoms with E-state index in [-0.39, 0.29) is 11.6 Å². The predicted molar refractivity (Wildman–Crippen MR) is 90.1 cm³/mol. The second kappa shape index (κ2) is 6.16. The van der Waals surface area contributed by atoms with Crippen LogP contribution in [0.2, 0.25) is 0 Å². The van der Waals surface area contributed by atoms with Crippen LogP contribution >= 0.6 is 0 Å². The van der Waals surface area contributed by atoms with Crippen molar-refractivity contribution in [1.82, 2.24) is 4.98 Å². The highest BCUT2D eigenvalue weighted by Gasteiger charge is 2.31. The number of rotatable bonds is 3. The van der Waals surface area contributed by atoms with Gasteiger partial charge < -0.3 is 10.3 Å². The third kappa shape index (κ3) is 2.83. The molecule has 23 heavy (non-hydrogen) atoms. The van der Waals surface area contributed by atoms with Gasteiger partial charge in [0, 0.05) is 16.9 Å². The molecule has 0 saturated carbocycles. The smallest absolute Gasteiger partial charge is 0.351 e. The molecule has 0 atom stereocenters. The van der Waals surface area contributed by atoms with Gasteiger partial charge in [-0.1, -0.05) is 48.5 Å².